The zero-order valence-corrected chi connectivity index (χ0v) is 16.7. The summed E-state index contributed by atoms with van der Waals surface area (Å²) in [5, 5.41) is 3.61. The van der Waals surface area contributed by atoms with Crippen molar-refractivity contribution in [3.05, 3.63) is 70.2 Å². The first kappa shape index (κ1) is 19.9. The highest BCUT2D eigenvalue weighted by Gasteiger charge is 2.15. The molecule has 4 nitrogen and oxygen atoms in total. The van der Waals surface area contributed by atoms with E-state index in [2.05, 4.69) is 46.3 Å². The number of carbonyl (C=O) groups excluding carboxylic acids is 1. The minimum atomic E-state index is -0.0130. The van der Waals surface area contributed by atoms with Crippen LogP contribution in [0.5, 0.6) is 0 Å². The maximum Gasteiger partial charge on any atom is 0.224 e. The molecular formula is C22H28ClN3O. The fraction of sp³-hybridized carbons (Fsp3) is 0.409. The number of benzene rings is 2. The topological polar surface area (TPSA) is 35.6 Å². The Morgan fingerprint density at radius 1 is 0.963 bits per heavy atom. The van der Waals surface area contributed by atoms with Crippen LogP contribution in [0.3, 0.4) is 0 Å². The number of nitrogens with zero attached hydrogens (tertiary/aromatic N) is 2. The van der Waals surface area contributed by atoms with E-state index in [1.54, 1.807) is 0 Å². The Morgan fingerprint density at radius 2 is 1.59 bits per heavy atom. The number of hydrogen-bond acceptors (Lipinski definition) is 3. The van der Waals surface area contributed by atoms with Crippen LogP contribution >= 0.6 is 11.6 Å². The number of likely N-dealkylation sites (N-methyl/N-ethyl adjacent to an activating group) is 1. The lowest BCUT2D eigenvalue weighted by molar-refractivity contribution is -0.120. The van der Waals surface area contributed by atoms with Gasteiger partial charge in [-0.1, -0.05) is 61.0 Å². The van der Waals surface area contributed by atoms with Crippen molar-refractivity contribution in [2.24, 2.45) is 0 Å². The minimum Gasteiger partial charge on any atom is -0.352 e. The molecule has 0 radical (unpaired) electrons. The predicted octanol–water partition coefficient (Wildman–Crippen LogP) is 3.34. The number of amides is 1. The zero-order chi connectivity index (χ0) is 19.1. The Bertz CT molecular complexity index is 739. The average Bonchev–Trinajstić information content (AvgIpc) is 2.70. The molecule has 0 bridgehead atoms. The second-order valence-electron chi connectivity index (χ2n) is 7.07. The van der Waals surface area contributed by atoms with Gasteiger partial charge in [0.25, 0.3) is 0 Å². The predicted molar refractivity (Wildman–Crippen MR) is 111 cm³/mol. The van der Waals surface area contributed by atoms with Crippen LogP contribution in [0.2, 0.25) is 5.02 Å². The molecule has 1 saturated heterocycles. The summed E-state index contributed by atoms with van der Waals surface area (Å²) in [7, 11) is 0. The van der Waals surface area contributed by atoms with Gasteiger partial charge in [-0.05, 0) is 29.3 Å². The second kappa shape index (κ2) is 9.88. The monoisotopic (exact) mass is 385 g/mol. The number of halogens is 1. The Hall–Kier alpha value is -1.88. The van der Waals surface area contributed by atoms with Crippen LogP contribution < -0.4 is 5.32 Å². The Labute approximate surface area is 167 Å². The Kier molecular flexibility index (Phi) is 7.27. The maximum atomic E-state index is 12.1. The van der Waals surface area contributed by atoms with Crippen LogP contribution in [0.15, 0.2) is 48.5 Å². The fourth-order valence-corrected chi connectivity index (χ4v) is 3.56. The van der Waals surface area contributed by atoms with E-state index in [-0.39, 0.29) is 5.91 Å². The van der Waals surface area contributed by atoms with Crippen molar-refractivity contribution >= 4 is 17.5 Å². The molecule has 1 fully saturated rings. The molecule has 1 aliphatic rings. The van der Waals surface area contributed by atoms with E-state index < -0.39 is 0 Å². The van der Waals surface area contributed by atoms with E-state index in [0.29, 0.717) is 18.0 Å². The Balaban J connectivity index is 1.44. The first-order chi connectivity index (χ1) is 13.1. The molecule has 1 amide bonds. The molecule has 0 atom stereocenters. The number of nitrogens with one attached hydrogen (secondary N) is 1. The molecule has 2 aromatic carbocycles. The summed E-state index contributed by atoms with van der Waals surface area (Å²) >= 11 is 6.11. The molecule has 1 N–H and O–H groups in total. The highest BCUT2D eigenvalue weighted by molar-refractivity contribution is 6.31. The third-order valence-corrected chi connectivity index (χ3v) is 5.51. The van der Waals surface area contributed by atoms with Gasteiger partial charge in [0.15, 0.2) is 0 Å². The van der Waals surface area contributed by atoms with Crippen molar-refractivity contribution in [1.29, 1.82) is 0 Å². The SMILES string of the molecule is CCN1CCN(Cc2ccc(CNC(=O)Cc3ccccc3Cl)cc2)CC1. The van der Waals surface area contributed by atoms with Gasteiger partial charge in [0.2, 0.25) is 5.91 Å². The molecule has 0 saturated carbocycles. The minimum absolute atomic E-state index is 0.0130. The molecule has 144 valence electrons. The van der Waals surface area contributed by atoms with E-state index in [1.165, 1.54) is 5.56 Å². The maximum absolute atomic E-state index is 12.1. The summed E-state index contributed by atoms with van der Waals surface area (Å²) < 4.78 is 0. The first-order valence-corrected chi connectivity index (χ1v) is 10.0. The van der Waals surface area contributed by atoms with Crippen LogP contribution in [0.1, 0.15) is 23.6 Å². The molecule has 0 unspecified atom stereocenters. The second-order valence-corrected chi connectivity index (χ2v) is 7.48. The van der Waals surface area contributed by atoms with Crippen LogP contribution in [0.25, 0.3) is 0 Å². The molecule has 5 heteroatoms. The van der Waals surface area contributed by atoms with Crippen LogP contribution in [-0.4, -0.2) is 48.4 Å². The van der Waals surface area contributed by atoms with E-state index >= 15 is 0 Å². The number of hydrogen-bond donors (Lipinski definition) is 1. The van der Waals surface area contributed by atoms with Gasteiger partial charge in [0.1, 0.15) is 0 Å². The van der Waals surface area contributed by atoms with Crippen molar-refractivity contribution in [1.82, 2.24) is 15.1 Å². The largest absolute Gasteiger partial charge is 0.352 e. The quantitative estimate of drug-likeness (QED) is 0.794. The molecule has 1 heterocycles. The fourth-order valence-electron chi connectivity index (χ4n) is 3.36. The van der Waals surface area contributed by atoms with Gasteiger partial charge in [-0.2, -0.15) is 0 Å². The van der Waals surface area contributed by atoms with Gasteiger partial charge in [0, 0.05) is 44.3 Å². The summed E-state index contributed by atoms with van der Waals surface area (Å²) in [5.41, 5.74) is 3.29. The van der Waals surface area contributed by atoms with Gasteiger partial charge in [-0.25, -0.2) is 0 Å². The summed E-state index contributed by atoms with van der Waals surface area (Å²) in [5.74, 6) is -0.0130. The summed E-state index contributed by atoms with van der Waals surface area (Å²) in [6.45, 7) is 9.49. The summed E-state index contributed by atoms with van der Waals surface area (Å²) in [4.78, 5) is 17.1. The van der Waals surface area contributed by atoms with E-state index in [0.717, 1.165) is 50.4 Å². The molecule has 3 rings (SSSR count). The van der Waals surface area contributed by atoms with Crippen LogP contribution in [0.4, 0.5) is 0 Å². The van der Waals surface area contributed by atoms with E-state index in [1.807, 2.05) is 24.3 Å². The van der Waals surface area contributed by atoms with Gasteiger partial charge in [-0.15, -0.1) is 0 Å². The lowest BCUT2D eigenvalue weighted by Gasteiger charge is -2.34. The number of piperazine rings is 1. The van der Waals surface area contributed by atoms with Crippen LogP contribution in [-0.2, 0) is 24.3 Å². The molecule has 0 aromatic heterocycles. The lowest BCUT2D eigenvalue weighted by Crippen LogP contribution is -2.45. The molecule has 0 spiro atoms. The van der Waals surface area contributed by atoms with Crippen molar-refractivity contribution < 1.29 is 4.79 Å². The van der Waals surface area contributed by atoms with Gasteiger partial charge in [0.05, 0.1) is 6.42 Å². The van der Waals surface area contributed by atoms with Crippen molar-refractivity contribution in [2.75, 3.05) is 32.7 Å². The summed E-state index contributed by atoms with van der Waals surface area (Å²) in [6.07, 6.45) is 0.307. The zero-order valence-electron chi connectivity index (χ0n) is 16.0. The molecule has 0 aliphatic carbocycles. The average molecular weight is 386 g/mol. The van der Waals surface area contributed by atoms with Crippen LogP contribution in [0, 0.1) is 0 Å². The molecule has 27 heavy (non-hydrogen) atoms. The lowest BCUT2D eigenvalue weighted by atomic mass is 10.1. The third-order valence-electron chi connectivity index (χ3n) is 5.14. The smallest absolute Gasteiger partial charge is 0.224 e. The Morgan fingerprint density at radius 3 is 2.26 bits per heavy atom. The van der Waals surface area contributed by atoms with Crippen molar-refractivity contribution in [3.8, 4) is 0 Å². The number of rotatable bonds is 7. The van der Waals surface area contributed by atoms with E-state index in [4.69, 9.17) is 11.6 Å². The highest BCUT2D eigenvalue weighted by Crippen LogP contribution is 2.15. The van der Waals surface area contributed by atoms with Gasteiger partial charge < -0.3 is 10.2 Å². The van der Waals surface area contributed by atoms with E-state index in [9.17, 15) is 4.79 Å². The van der Waals surface area contributed by atoms with Gasteiger partial charge >= 0.3 is 0 Å². The van der Waals surface area contributed by atoms with Gasteiger partial charge in [-0.3, -0.25) is 9.69 Å². The highest BCUT2D eigenvalue weighted by atomic mass is 35.5. The van der Waals surface area contributed by atoms with Crippen molar-refractivity contribution in [3.63, 3.8) is 0 Å². The normalized spacial score (nSPS) is 15.6. The molecule has 1 aliphatic heterocycles. The summed E-state index contributed by atoms with van der Waals surface area (Å²) in [6, 6.07) is 16.0. The number of carbonyl (C=O) groups is 1. The van der Waals surface area contributed by atoms with Crippen molar-refractivity contribution in [2.45, 2.75) is 26.4 Å². The molecular weight excluding hydrogens is 358 g/mol. The third kappa shape index (κ3) is 6.06. The molecule has 2 aromatic rings. The first-order valence-electron chi connectivity index (χ1n) is 9.66. The standard InChI is InChI=1S/C22H28ClN3O/c1-2-25-11-13-26(14-12-25)17-19-9-7-18(8-10-19)16-24-22(27)15-20-5-3-4-6-21(20)23/h3-10H,2,11-17H2,1H3,(H,24,27).